The van der Waals surface area contributed by atoms with Crippen molar-refractivity contribution >= 4 is 11.9 Å². The van der Waals surface area contributed by atoms with Gasteiger partial charge in [0.2, 0.25) is 6.79 Å². The highest BCUT2D eigenvalue weighted by atomic mass is 16.7. The van der Waals surface area contributed by atoms with E-state index in [2.05, 4.69) is 33.3 Å². The van der Waals surface area contributed by atoms with Crippen molar-refractivity contribution in [3.05, 3.63) is 53.1 Å². The summed E-state index contributed by atoms with van der Waals surface area (Å²) in [6.45, 7) is 7.22. The quantitative estimate of drug-likeness (QED) is 0.677. The number of nitrogens with one attached hydrogen (secondary N) is 1. The van der Waals surface area contributed by atoms with E-state index in [4.69, 9.17) is 14.2 Å². The van der Waals surface area contributed by atoms with E-state index in [-0.39, 0.29) is 25.4 Å². The summed E-state index contributed by atoms with van der Waals surface area (Å²) in [7, 11) is 0. The summed E-state index contributed by atoms with van der Waals surface area (Å²) in [4.78, 5) is 32.0. The average Bonchev–Trinajstić information content (AvgIpc) is 3.55. The van der Waals surface area contributed by atoms with Gasteiger partial charge in [-0.15, -0.1) is 0 Å². The SMILES string of the molecule is CC1(c2ccc3c(c2)OCO3)NC(=O)N(CN2CCN(Cc3ccc4c(c3)CCO4)CC2)C1=O. The van der Waals surface area contributed by atoms with Crippen molar-refractivity contribution in [3.63, 3.8) is 0 Å². The molecule has 1 N–H and O–H groups in total. The topological polar surface area (TPSA) is 83.6 Å². The number of nitrogens with zero attached hydrogens (tertiary/aromatic N) is 3. The monoisotopic (exact) mass is 464 g/mol. The molecule has 9 nitrogen and oxygen atoms in total. The van der Waals surface area contributed by atoms with E-state index >= 15 is 0 Å². The molecule has 2 aromatic rings. The van der Waals surface area contributed by atoms with Crippen LogP contribution in [-0.2, 0) is 23.3 Å². The van der Waals surface area contributed by atoms with Crippen LogP contribution in [0, 0.1) is 0 Å². The summed E-state index contributed by atoms with van der Waals surface area (Å²) in [6, 6.07) is 11.4. The van der Waals surface area contributed by atoms with E-state index in [0.717, 1.165) is 51.5 Å². The van der Waals surface area contributed by atoms with E-state index in [9.17, 15) is 9.59 Å². The Morgan fingerprint density at radius 1 is 0.912 bits per heavy atom. The van der Waals surface area contributed by atoms with Crippen molar-refractivity contribution in [1.82, 2.24) is 20.0 Å². The number of hydrogen-bond donors (Lipinski definition) is 1. The van der Waals surface area contributed by atoms with Crippen molar-refractivity contribution in [2.45, 2.75) is 25.4 Å². The molecule has 0 aromatic heterocycles. The molecule has 0 saturated carbocycles. The fourth-order valence-electron chi connectivity index (χ4n) is 5.11. The van der Waals surface area contributed by atoms with Crippen molar-refractivity contribution in [2.75, 3.05) is 46.2 Å². The number of urea groups is 1. The first-order valence-corrected chi connectivity index (χ1v) is 11.7. The third kappa shape index (κ3) is 3.65. The molecule has 0 spiro atoms. The van der Waals surface area contributed by atoms with Crippen molar-refractivity contribution in [2.24, 2.45) is 0 Å². The smallest absolute Gasteiger partial charge is 0.326 e. The largest absolute Gasteiger partial charge is 0.493 e. The van der Waals surface area contributed by atoms with Crippen LogP contribution in [0.15, 0.2) is 36.4 Å². The number of fused-ring (bicyclic) bond motifs is 2. The number of amides is 3. The van der Waals surface area contributed by atoms with E-state index in [1.807, 2.05) is 0 Å². The van der Waals surface area contributed by atoms with Gasteiger partial charge in [-0.05, 0) is 41.8 Å². The molecule has 2 aromatic carbocycles. The summed E-state index contributed by atoms with van der Waals surface area (Å²) in [5.41, 5.74) is 2.14. The number of carbonyl (C=O) groups is 2. The Bertz CT molecular complexity index is 1150. The summed E-state index contributed by atoms with van der Waals surface area (Å²) in [6.07, 6.45) is 0.980. The zero-order valence-electron chi connectivity index (χ0n) is 19.2. The highest BCUT2D eigenvalue weighted by molar-refractivity contribution is 6.07. The maximum Gasteiger partial charge on any atom is 0.326 e. The van der Waals surface area contributed by atoms with Gasteiger partial charge in [0, 0.05) is 39.1 Å². The molecule has 4 heterocycles. The highest BCUT2D eigenvalue weighted by Gasteiger charge is 2.49. The number of ether oxygens (including phenoxy) is 3. The summed E-state index contributed by atoms with van der Waals surface area (Å²) >= 11 is 0. The van der Waals surface area contributed by atoms with Crippen LogP contribution in [0.1, 0.15) is 23.6 Å². The molecule has 0 bridgehead atoms. The van der Waals surface area contributed by atoms with Crippen molar-refractivity contribution in [1.29, 1.82) is 0 Å². The molecule has 9 heteroatoms. The Kier molecular flexibility index (Phi) is 5.11. The van der Waals surface area contributed by atoms with E-state index in [0.29, 0.717) is 17.1 Å². The van der Waals surface area contributed by atoms with Gasteiger partial charge in [0.1, 0.15) is 11.3 Å². The number of piperazine rings is 1. The maximum atomic E-state index is 13.3. The summed E-state index contributed by atoms with van der Waals surface area (Å²) in [5.74, 6) is 1.99. The molecule has 0 radical (unpaired) electrons. The van der Waals surface area contributed by atoms with Gasteiger partial charge >= 0.3 is 6.03 Å². The van der Waals surface area contributed by atoms with Crippen molar-refractivity contribution < 1.29 is 23.8 Å². The van der Waals surface area contributed by atoms with E-state index in [1.54, 1.807) is 25.1 Å². The van der Waals surface area contributed by atoms with Crippen LogP contribution in [0.2, 0.25) is 0 Å². The van der Waals surface area contributed by atoms with Crippen LogP contribution in [0.4, 0.5) is 4.79 Å². The molecule has 2 fully saturated rings. The number of rotatable bonds is 5. The fourth-order valence-corrected chi connectivity index (χ4v) is 5.11. The van der Waals surface area contributed by atoms with Crippen LogP contribution in [-0.4, -0.2) is 72.9 Å². The molecule has 1 atom stereocenters. The minimum Gasteiger partial charge on any atom is -0.493 e. The van der Waals surface area contributed by atoms with Gasteiger partial charge < -0.3 is 19.5 Å². The van der Waals surface area contributed by atoms with Crippen LogP contribution < -0.4 is 19.5 Å². The summed E-state index contributed by atoms with van der Waals surface area (Å²) < 4.78 is 16.4. The predicted octanol–water partition coefficient (Wildman–Crippen LogP) is 1.89. The standard InChI is InChI=1S/C25H28N4O5/c1-25(19-3-5-21-22(13-19)34-16-33-21)23(30)29(24(31)26-25)15-28-9-7-27(8-10-28)14-17-2-4-20-18(12-17)6-11-32-20/h2-5,12-13H,6-11,14-16H2,1H3,(H,26,31). The molecule has 4 aliphatic heterocycles. The lowest BCUT2D eigenvalue weighted by Crippen LogP contribution is -2.51. The second kappa shape index (κ2) is 8.18. The molecular formula is C25H28N4O5. The number of carbonyl (C=O) groups excluding carboxylic acids is 2. The third-order valence-corrected chi connectivity index (χ3v) is 7.19. The molecule has 6 rings (SSSR count). The highest BCUT2D eigenvalue weighted by Crippen LogP contribution is 2.38. The first-order chi connectivity index (χ1) is 16.5. The molecule has 1 unspecified atom stereocenters. The molecule has 34 heavy (non-hydrogen) atoms. The second-order valence-electron chi connectivity index (χ2n) is 9.43. The lowest BCUT2D eigenvalue weighted by atomic mass is 9.92. The van der Waals surface area contributed by atoms with E-state index in [1.165, 1.54) is 16.0 Å². The lowest BCUT2D eigenvalue weighted by molar-refractivity contribution is -0.132. The molecule has 0 aliphatic carbocycles. The minimum atomic E-state index is -1.13. The minimum absolute atomic E-state index is 0.162. The first-order valence-electron chi connectivity index (χ1n) is 11.7. The molecule has 4 aliphatic rings. The average molecular weight is 465 g/mol. The van der Waals surface area contributed by atoms with Gasteiger partial charge in [-0.1, -0.05) is 18.2 Å². The summed E-state index contributed by atoms with van der Waals surface area (Å²) in [5, 5.41) is 2.88. The Balaban J connectivity index is 1.07. The second-order valence-corrected chi connectivity index (χ2v) is 9.43. The number of hydrogen-bond acceptors (Lipinski definition) is 7. The van der Waals surface area contributed by atoms with Gasteiger partial charge in [-0.2, -0.15) is 0 Å². The number of imide groups is 1. The normalized spacial score (nSPS) is 24.3. The van der Waals surface area contributed by atoms with Gasteiger partial charge in [0.05, 0.1) is 13.3 Å². The zero-order valence-corrected chi connectivity index (χ0v) is 19.2. The number of benzene rings is 2. The fraction of sp³-hybridized carbons (Fsp3) is 0.440. The molecular weight excluding hydrogens is 436 g/mol. The van der Waals surface area contributed by atoms with Gasteiger partial charge in [-0.3, -0.25) is 14.6 Å². The first kappa shape index (κ1) is 21.2. The lowest BCUT2D eigenvalue weighted by Gasteiger charge is -2.36. The Morgan fingerprint density at radius 2 is 1.68 bits per heavy atom. The van der Waals surface area contributed by atoms with Gasteiger partial charge in [0.25, 0.3) is 5.91 Å². The van der Waals surface area contributed by atoms with Crippen LogP contribution in [0.25, 0.3) is 0 Å². The Hall–Kier alpha value is -3.30. The Labute approximate surface area is 198 Å². The molecule has 3 amide bonds. The third-order valence-electron chi connectivity index (χ3n) is 7.19. The molecule has 178 valence electrons. The van der Waals surface area contributed by atoms with Crippen molar-refractivity contribution in [3.8, 4) is 17.2 Å². The van der Waals surface area contributed by atoms with Crippen LogP contribution in [0.5, 0.6) is 17.2 Å². The zero-order chi connectivity index (χ0) is 23.3. The van der Waals surface area contributed by atoms with Gasteiger partial charge in [0.15, 0.2) is 11.5 Å². The maximum absolute atomic E-state index is 13.3. The van der Waals surface area contributed by atoms with Crippen LogP contribution in [0.3, 0.4) is 0 Å². The van der Waals surface area contributed by atoms with Gasteiger partial charge in [-0.25, -0.2) is 9.69 Å². The van der Waals surface area contributed by atoms with Crippen LogP contribution >= 0.6 is 0 Å². The Morgan fingerprint density at radius 3 is 2.53 bits per heavy atom. The van der Waals surface area contributed by atoms with E-state index < -0.39 is 5.54 Å². The predicted molar refractivity (Wildman–Crippen MR) is 123 cm³/mol. The molecule has 2 saturated heterocycles.